The molecule has 10 heavy (non-hydrogen) atoms. The van der Waals surface area contributed by atoms with Crippen molar-refractivity contribution in [2.45, 2.75) is 29.7 Å². The molecular weight excluding hydrogens is 136 g/mol. The van der Waals surface area contributed by atoms with Crippen LogP contribution >= 0.6 is 0 Å². The molecule has 0 aliphatic heterocycles. The van der Waals surface area contributed by atoms with Crippen LogP contribution in [0, 0.1) is 6.65 Å². The predicted octanol–water partition coefficient (Wildman–Crippen LogP) is 1.34. The Kier molecular flexibility index (Phi) is 867000. The van der Waals surface area contributed by atoms with Gasteiger partial charge in [0.1, 0.15) is 0 Å². The van der Waals surface area contributed by atoms with Crippen LogP contribution in [0.15, 0.2) is 0 Å². The fraction of sp³-hybridized carbons (Fsp3) is 0.667. The Balaban J connectivity index is -0.00000000181. The van der Waals surface area contributed by atoms with Gasteiger partial charge in [0.2, 0.25) is 0 Å². The van der Waals surface area contributed by atoms with Gasteiger partial charge in [0.25, 0.3) is 0 Å². The molecule has 0 saturated carbocycles. The van der Waals surface area contributed by atoms with E-state index in [4.69, 9.17) is 14.2 Å². The molecule has 2 N–H and O–H groups in total. The largest absolute Gasteiger partial charge is 0 e. The van der Waals surface area contributed by atoms with Crippen LogP contribution in [0.5, 0.6) is 0 Å². The standard InChI is InChI=1S/CO2.CO.4CH4.H2O.H2/c2-1-3;1-2;;;;;;/h;;4*1H4;1H2;1H. The zero-order valence-electron chi connectivity index (χ0n) is 2.72. The molecule has 0 amide bonds. The van der Waals surface area contributed by atoms with Gasteiger partial charge in [0.05, 0.1) is 0 Å². The summed E-state index contributed by atoms with van der Waals surface area (Å²) in [5.41, 5.74) is 0. The molecule has 0 saturated heterocycles. The van der Waals surface area contributed by atoms with Crippen molar-refractivity contribution in [1.82, 2.24) is 0 Å². The Morgan fingerprint density at radius 3 is 1.00 bits per heavy atom. The first-order valence-electron chi connectivity index (χ1n) is 0.612. The van der Waals surface area contributed by atoms with E-state index in [-0.39, 0.29) is 42.8 Å². The Hall–Kier alpha value is -0.920. The maximum absolute atomic E-state index is 8.12. The van der Waals surface area contributed by atoms with E-state index in [0.717, 1.165) is 0 Å². The van der Waals surface area contributed by atoms with E-state index < -0.39 is 0 Å². The molecule has 0 spiro atoms. The van der Waals surface area contributed by atoms with Crippen LogP contribution in [-0.4, -0.2) is 11.6 Å². The van der Waals surface area contributed by atoms with Crippen molar-refractivity contribution in [3.05, 3.63) is 6.65 Å². The van der Waals surface area contributed by atoms with E-state index >= 15 is 0 Å². The second-order valence-electron chi connectivity index (χ2n) is 0.0833. The Bertz CT molecular complexity index is 56.8. The molecule has 0 bridgehead atoms. The molecule has 0 heterocycles. The van der Waals surface area contributed by atoms with Crippen molar-refractivity contribution in [3.8, 4) is 0 Å². The SMILES string of the molecule is C.C.C.C.O.O=C=O.[C-]#[O+].[HH]. The third-order valence-electron chi connectivity index (χ3n) is 0. The van der Waals surface area contributed by atoms with Crippen LogP contribution in [0.2, 0.25) is 0 Å². The van der Waals surface area contributed by atoms with E-state index in [1.165, 1.54) is 0 Å². The minimum atomic E-state index is 0. The summed E-state index contributed by atoms with van der Waals surface area (Å²) >= 11 is 0. The number of hydrogen-bond acceptors (Lipinski definition) is 2. The Morgan fingerprint density at radius 1 is 1.00 bits per heavy atom. The van der Waals surface area contributed by atoms with Gasteiger partial charge >= 0.3 is 17.5 Å². The fourth-order valence-corrected chi connectivity index (χ4v) is 0. The van der Waals surface area contributed by atoms with Gasteiger partial charge in [-0.15, -0.1) is 0 Å². The van der Waals surface area contributed by atoms with Gasteiger partial charge in [-0.05, 0) is 0 Å². The summed E-state index contributed by atoms with van der Waals surface area (Å²) in [5.74, 6) is 0. The van der Waals surface area contributed by atoms with Gasteiger partial charge in [0.15, 0.2) is 0 Å². The smallest absolute Gasteiger partial charge is 0 e. The van der Waals surface area contributed by atoms with Gasteiger partial charge in [-0.2, -0.15) is 9.59 Å². The van der Waals surface area contributed by atoms with Crippen molar-refractivity contribution < 1.29 is 21.1 Å². The summed E-state index contributed by atoms with van der Waals surface area (Å²) in [4.78, 5) is 16.2. The molecule has 0 unspecified atom stereocenters. The molecule has 0 rings (SSSR count). The average molecular weight is 156 g/mol. The summed E-state index contributed by atoms with van der Waals surface area (Å²) < 4.78 is 7.50. The van der Waals surface area contributed by atoms with Crippen LogP contribution in [0.4, 0.5) is 0 Å². The third kappa shape index (κ3) is 309. The predicted molar refractivity (Wildman–Crippen MR) is 41.6 cm³/mol. The summed E-state index contributed by atoms with van der Waals surface area (Å²) in [6, 6.07) is 0. The minimum Gasteiger partial charge on any atom is 0 e. The van der Waals surface area contributed by atoms with Gasteiger partial charge < -0.3 is 5.48 Å². The molecule has 0 radical (unpaired) electrons. The van der Waals surface area contributed by atoms with Gasteiger partial charge in [-0.1, -0.05) is 29.7 Å². The zero-order valence-corrected chi connectivity index (χ0v) is 2.72. The average Bonchev–Trinajstić information content (AvgIpc) is 1.46. The summed E-state index contributed by atoms with van der Waals surface area (Å²) in [6.45, 7) is 4.50. The van der Waals surface area contributed by atoms with Crippen molar-refractivity contribution >= 4 is 6.15 Å². The van der Waals surface area contributed by atoms with Crippen molar-refractivity contribution in [2.75, 3.05) is 0 Å². The van der Waals surface area contributed by atoms with E-state index in [1.807, 2.05) is 0 Å². The molecular formula is C6H20O4. The molecule has 4 heteroatoms. The Labute approximate surface area is 64.8 Å². The number of carbonyl (C=O) groups excluding carboxylic acids is 2. The first kappa shape index (κ1) is 137. The summed E-state index contributed by atoms with van der Waals surface area (Å²) in [7, 11) is 0. The van der Waals surface area contributed by atoms with Crippen LogP contribution in [0.3, 0.4) is 0 Å². The third-order valence-corrected chi connectivity index (χ3v) is 0. The molecule has 0 aliphatic rings. The van der Waals surface area contributed by atoms with Crippen LogP contribution in [0.1, 0.15) is 31.1 Å². The topological polar surface area (TPSA) is 85.5 Å². The molecule has 0 aliphatic carbocycles. The van der Waals surface area contributed by atoms with Crippen LogP contribution in [-0.2, 0) is 14.2 Å². The van der Waals surface area contributed by atoms with E-state index in [2.05, 4.69) is 6.65 Å². The minimum absolute atomic E-state index is 0. The zero-order chi connectivity index (χ0) is 4.71. The van der Waals surface area contributed by atoms with Crippen molar-refractivity contribution in [1.29, 1.82) is 0 Å². The number of hydrogen-bond donors (Lipinski definition) is 0. The monoisotopic (exact) mass is 156 g/mol. The summed E-state index contributed by atoms with van der Waals surface area (Å²) in [5, 5.41) is 0. The normalized spacial score (nSPS) is 1.00. The van der Waals surface area contributed by atoms with Crippen LogP contribution < -0.4 is 0 Å². The first-order chi connectivity index (χ1) is 2.41. The van der Waals surface area contributed by atoms with Gasteiger partial charge in [-0.25, -0.2) is 0 Å². The molecule has 0 aromatic rings. The molecule has 68 valence electrons. The second-order valence-corrected chi connectivity index (χ2v) is 0.0833. The van der Waals surface area contributed by atoms with E-state index in [1.54, 1.807) is 0 Å². The Morgan fingerprint density at radius 2 is 1.00 bits per heavy atom. The quantitative estimate of drug-likeness (QED) is 0.391. The maximum atomic E-state index is 8.12. The van der Waals surface area contributed by atoms with Crippen molar-refractivity contribution in [2.24, 2.45) is 0 Å². The molecule has 0 fully saturated rings. The molecule has 0 aromatic heterocycles. The first-order valence-corrected chi connectivity index (χ1v) is 0.612. The molecule has 4 nitrogen and oxygen atoms in total. The van der Waals surface area contributed by atoms with Gasteiger partial charge in [0, 0.05) is 1.43 Å². The molecule has 0 atom stereocenters. The van der Waals surface area contributed by atoms with E-state index in [0.29, 0.717) is 0 Å². The summed E-state index contributed by atoms with van der Waals surface area (Å²) in [6.07, 6.45) is 0.250. The van der Waals surface area contributed by atoms with E-state index in [9.17, 15) is 0 Å². The fourth-order valence-electron chi connectivity index (χ4n) is 0. The van der Waals surface area contributed by atoms with Crippen molar-refractivity contribution in [3.63, 3.8) is 0 Å². The molecule has 0 aromatic carbocycles. The second kappa shape index (κ2) is 63300. The maximum Gasteiger partial charge on any atom is 0 e. The van der Waals surface area contributed by atoms with Gasteiger partial charge in [-0.3, -0.25) is 0 Å². The number of rotatable bonds is 0. The van der Waals surface area contributed by atoms with Crippen LogP contribution in [0.25, 0.3) is 0 Å².